The molecule has 1 nitrogen and oxygen atoms in total. The van der Waals surface area contributed by atoms with Crippen LogP contribution in [0.5, 0.6) is 0 Å². The topological polar surface area (TPSA) is 0 Å². The first-order valence-corrected chi connectivity index (χ1v) is 7.69. The third-order valence-corrected chi connectivity index (χ3v) is 4.79. The third-order valence-electron chi connectivity index (χ3n) is 4.79. The number of benzene rings is 2. The van der Waals surface area contributed by atoms with E-state index in [2.05, 4.69) is 81.2 Å². The summed E-state index contributed by atoms with van der Waals surface area (Å²) in [4.78, 5) is 0. The van der Waals surface area contributed by atoms with E-state index in [9.17, 15) is 0 Å². The Kier molecular flexibility index (Phi) is 3.69. The number of likely N-dealkylation sites (tertiary alicyclic amines) is 1. The molecule has 1 heteroatoms. The number of rotatable bonds is 4. The quantitative estimate of drug-likeness (QED) is 0.575. The highest BCUT2D eigenvalue weighted by atomic mass is 15.4. The van der Waals surface area contributed by atoms with Gasteiger partial charge in [-0.05, 0) is 18.1 Å². The van der Waals surface area contributed by atoms with Crippen LogP contribution in [0.3, 0.4) is 0 Å². The summed E-state index contributed by atoms with van der Waals surface area (Å²) in [6, 6.07) is 22.2. The zero-order valence-corrected chi connectivity index (χ0v) is 13.0. The molecule has 0 bridgehead atoms. The van der Waals surface area contributed by atoms with Crippen LogP contribution >= 0.6 is 0 Å². The second-order valence-corrected chi connectivity index (χ2v) is 6.61. The molecule has 0 N–H and O–H groups in total. The molecule has 3 rings (SSSR count). The van der Waals surface area contributed by atoms with Gasteiger partial charge in [-0.15, -0.1) is 0 Å². The van der Waals surface area contributed by atoms with Gasteiger partial charge in [-0.1, -0.05) is 67.2 Å². The van der Waals surface area contributed by atoms with Crippen LogP contribution in [0.25, 0.3) is 0 Å². The molecule has 1 saturated heterocycles. The molecule has 1 aliphatic heterocycles. The van der Waals surface area contributed by atoms with Gasteiger partial charge >= 0.3 is 0 Å². The fourth-order valence-electron chi connectivity index (χ4n) is 3.99. The Morgan fingerprint density at radius 2 is 1.62 bits per heavy atom. The molecule has 0 aliphatic carbocycles. The van der Waals surface area contributed by atoms with Crippen LogP contribution in [0.4, 0.5) is 0 Å². The van der Waals surface area contributed by atoms with Crippen molar-refractivity contribution in [2.45, 2.75) is 25.4 Å². The highest BCUT2D eigenvalue weighted by Crippen LogP contribution is 2.44. The first-order valence-electron chi connectivity index (χ1n) is 7.69. The fraction of sp³-hybridized carbons (Fsp3) is 0.300. The van der Waals surface area contributed by atoms with E-state index in [0.29, 0.717) is 12.0 Å². The lowest BCUT2D eigenvalue weighted by Gasteiger charge is -2.55. The Labute approximate surface area is 128 Å². The van der Waals surface area contributed by atoms with E-state index in [1.807, 2.05) is 0 Å². The summed E-state index contributed by atoms with van der Waals surface area (Å²) in [7, 11) is 2.37. The van der Waals surface area contributed by atoms with Crippen LogP contribution in [0.15, 0.2) is 72.8 Å². The summed E-state index contributed by atoms with van der Waals surface area (Å²) in [5.41, 5.74) is 4.17. The van der Waals surface area contributed by atoms with Gasteiger partial charge in [-0.3, -0.25) is 0 Å². The van der Waals surface area contributed by atoms with E-state index in [0.717, 1.165) is 11.0 Å². The zero-order valence-electron chi connectivity index (χ0n) is 13.0. The molecule has 2 aromatic carbocycles. The Morgan fingerprint density at radius 3 is 2.19 bits per heavy atom. The average molecular weight is 278 g/mol. The van der Waals surface area contributed by atoms with Gasteiger partial charge in [0.15, 0.2) is 0 Å². The Morgan fingerprint density at radius 1 is 1.05 bits per heavy atom. The number of likely N-dealkylation sites (N-methyl/N-ethyl adjacent to an activating group) is 1. The highest BCUT2D eigenvalue weighted by molar-refractivity contribution is 5.27. The normalized spacial score (nSPS) is 27.9. The molecule has 0 amide bonds. The van der Waals surface area contributed by atoms with Crippen molar-refractivity contribution in [2.75, 3.05) is 13.6 Å². The van der Waals surface area contributed by atoms with Gasteiger partial charge in [-0.25, -0.2) is 0 Å². The molecule has 1 heterocycles. The molecular formula is C20H24N+. The van der Waals surface area contributed by atoms with E-state index in [1.54, 1.807) is 0 Å². The van der Waals surface area contributed by atoms with Gasteiger partial charge < -0.3 is 4.48 Å². The maximum atomic E-state index is 4.27. The summed E-state index contributed by atoms with van der Waals surface area (Å²) in [6.07, 6.45) is 0. The van der Waals surface area contributed by atoms with Gasteiger partial charge in [0, 0.05) is 5.56 Å². The van der Waals surface area contributed by atoms with Crippen molar-refractivity contribution in [2.24, 2.45) is 0 Å². The van der Waals surface area contributed by atoms with Crippen LogP contribution in [-0.2, 0) is 6.54 Å². The average Bonchev–Trinajstić information content (AvgIpc) is 2.46. The first-order chi connectivity index (χ1) is 10.1. The van der Waals surface area contributed by atoms with Gasteiger partial charge in [-0.2, -0.15) is 0 Å². The van der Waals surface area contributed by atoms with Gasteiger partial charge in [0.05, 0.1) is 19.5 Å². The molecule has 0 radical (unpaired) electrons. The number of nitrogens with zero attached hydrogens (tertiary/aromatic N) is 1. The summed E-state index contributed by atoms with van der Waals surface area (Å²) >= 11 is 0. The summed E-state index contributed by atoms with van der Waals surface area (Å²) in [6.45, 7) is 8.73. The van der Waals surface area contributed by atoms with Gasteiger partial charge in [0.2, 0.25) is 0 Å². The van der Waals surface area contributed by atoms with E-state index in [4.69, 9.17) is 0 Å². The number of quaternary nitrogens is 1. The largest absolute Gasteiger partial charge is 0.315 e. The minimum Gasteiger partial charge on any atom is -0.315 e. The predicted molar refractivity (Wildman–Crippen MR) is 89.0 cm³/mol. The summed E-state index contributed by atoms with van der Waals surface area (Å²) in [5, 5.41) is 0. The van der Waals surface area contributed by atoms with E-state index in [1.165, 1.54) is 23.2 Å². The molecule has 1 aliphatic rings. The maximum Gasteiger partial charge on any atom is 0.123 e. The molecule has 0 spiro atoms. The molecule has 0 saturated carbocycles. The molecule has 108 valence electrons. The molecule has 21 heavy (non-hydrogen) atoms. The van der Waals surface area contributed by atoms with Crippen molar-refractivity contribution in [1.29, 1.82) is 0 Å². The van der Waals surface area contributed by atoms with Crippen LogP contribution in [-0.4, -0.2) is 24.1 Å². The van der Waals surface area contributed by atoms with Crippen LogP contribution in [0, 0.1) is 0 Å². The first kappa shape index (κ1) is 14.1. The Balaban J connectivity index is 1.83. The SMILES string of the molecule is C=C(C)[C@H]1[C@H](c2ccccc2)C[N@+]1(C)Cc1ccccc1. The van der Waals surface area contributed by atoms with Crippen LogP contribution < -0.4 is 0 Å². The predicted octanol–water partition coefficient (Wildman–Crippen LogP) is 4.38. The van der Waals surface area contributed by atoms with Crippen molar-refractivity contribution in [3.8, 4) is 0 Å². The fourth-order valence-corrected chi connectivity index (χ4v) is 3.99. The van der Waals surface area contributed by atoms with Crippen molar-refractivity contribution < 1.29 is 4.48 Å². The van der Waals surface area contributed by atoms with E-state index < -0.39 is 0 Å². The van der Waals surface area contributed by atoms with Crippen LogP contribution in [0.1, 0.15) is 24.0 Å². The number of hydrogen-bond acceptors (Lipinski definition) is 0. The zero-order chi connectivity index (χ0) is 14.9. The highest BCUT2D eigenvalue weighted by Gasteiger charge is 2.52. The maximum absolute atomic E-state index is 4.27. The summed E-state index contributed by atoms with van der Waals surface area (Å²) in [5.74, 6) is 0.609. The summed E-state index contributed by atoms with van der Waals surface area (Å²) < 4.78 is 1.07. The standard InChI is InChI=1S/C20H24N/c1-16(2)20-19(18-12-8-5-9-13-18)15-21(20,3)14-17-10-6-4-7-11-17/h4-13,19-20H,1,14-15H2,2-3H3/q+1/t19-,20-,21-/m0/s1. The van der Waals surface area contributed by atoms with E-state index >= 15 is 0 Å². The molecule has 2 aromatic rings. The lowest BCUT2D eigenvalue weighted by molar-refractivity contribution is -0.983. The molecule has 0 aromatic heterocycles. The van der Waals surface area contributed by atoms with E-state index in [-0.39, 0.29) is 0 Å². The van der Waals surface area contributed by atoms with Crippen molar-refractivity contribution in [3.63, 3.8) is 0 Å². The van der Waals surface area contributed by atoms with Crippen molar-refractivity contribution in [1.82, 2.24) is 0 Å². The van der Waals surface area contributed by atoms with Crippen molar-refractivity contribution in [3.05, 3.63) is 83.9 Å². The Hall–Kier alpha value is -1.86. The second kappa shape index (κ2) is 5.50. The lowest BCUT2D eigenvalue weighted by atomic mass is 9.76. The third kappa shape index (κ3) is 2.66. The van der Waals surface area contributed by atoms with Crippen molar-refractivity contribution >= 4 is 0 Å². The Bertz CT molecular complexity index is 617. The minimum atomic E-state index is 0.521. The smallest absolute Gasteiger partial charge is 0.123 e. The van der Waals surface area contributed by atoms with Crippen LogP contribution in [0.2, 0.25) is 0 Å². The van der Waals surface area contributed by atoms with Gasteiger partial charge in [0.1, 0.15) is 12.6 Å². The molecular weight excluding hydrogens is 254 g/mol. The molecule has 0 unspecified atom stereocenters. The second-order valence-electron chi connectivity index (χ2n) is 6.61. The number of hydrogen-bond donors (Lipinski definition) is 0. The lowest BCUT2D eigenvalue weighted by Crippen LogP contribution is -2.66. The monoisotopic (exact) mass is 278 g/mol. The van der Waals surface area contributed by atoms with Gasteiger partial charge in [0.25, 0.3) is 0 Å². The minimum absolute atomic E-state index is 0.521. The molecule has 3 atom stereocenters. The molecule has 1 fully saturated rings.